The van der Waals surface area contributed by atoms with Gasteiger partial charge in [-0.05, 0) is 57.7 Å². The molecule has 37 heavy (non-hydrogen) atoms. The van der Waals surface area contributed by atoms with E-state index in [4.69, 9.17) is 21.4 Å². The van der Waals surface area contributed by atoms with Crippen molar-refractivity contribution in [3.63, 3.8) is 0 Å². The molecule has 7 nitrogen and oxygen atoms in total. The molecule has 0 bridgehead atoms. The summed E-state index contributed by atoms with van der Waals surface area (Å²) in [6.07, 6.45) is 0. The van der Waals surface area contributed by atoms with Gasteiger partial charge >= 0.3 is 5.97 Å². The minimum absolute atomic E-state index is 0.0985. The Balaban J connectivity index is 1.47. The Hall–Kier alpha value is -3.27. The molecule has 1 aliphatic rings. The lowest BCUT2D eigenvalue weighted by Crippen LogP contribution is -2.29. The number of nitrogens with one attached hydrogen (secondary N) is 1. The Bertz CT molecular complexity index is 1490. The largest absolute Gasteiger partial charge is 0.507 e. The minimum Gasteiger partial charge on any atom is -0.507 e. The summed E-state index contributed by atoms with van der Waals surface area (Å²) in [6.45, 7) is 1.96. The molecule has 4 aromatic rings. The molecule has 2 N–H and O–H groups in total. The maximum Gasteiger partial charge on any atom is 0.338 e. The van der Waals surface area contributed by atoms with Crippen LogP contribution >= 0.6 is 39.3 Å². The number of aromatic nitrogens is 3. The van der Waals surface area contributed by atoms with E-state index in [1.54, 1.807) is 22.9 Å². The molecule has 5 rings (SSSR count). The van der Waals surface area contributed by atoms with Crippen LogP contribution in [0, 0.1) is 0 Å². The number of thioether (sulfide) groups is 1. The standard InChI is InChI=1S/C27H22BrClN4O3S/c1-16-23(25(35)36-14-17-7-3-2-4-8-17)24(18-11-12-22(34)20(28)13-18)33-26(30-16)31-27(32-33)37-15-19-9-5-6-10-21(19)29/h2-13,24,34H,14-15H2,1H3,(H,30,31,32). The van der Waals surface area contributed by atoms with Crippen LogP contribution in [0.5, 0.6) is 5.75 Å². The predicted octanol–water partition coefficient (Wildman–Crippen LogP) is 6.72. The Morgan fingerprint density at radius 2 is 1.92 bits per heavy atom. The number of rotatable bonds is 7. The summed E-state index contributed by atoms with van der Waals surface area (Å²) in [4.78, 5) is 18.1. The highest BCUT2D eigenvalue weighted by Crippen LogP contribution is 2.39. The number of anilines is 1. The zero-order chi connectivity index (χ0) is 25.9. The molecular formula is C27H22BrClN4O3S. The van der Waals surface area contributed by atoms with Crippen molar-refractivity contribution in [2.24, 2.45) is 0 Å². The maximum atomic E-state index is 13.4. The van der Waals surface area contributed by atoms with Gasteiger partial charge in [0.2, 0.25) is 11.1 Å². The molecule has 2 heterocycles. The van der Waals surface area contributed by atoms with Crippen molar-refractivity contribution in [1.82, 2.24) is 14.8 Å². The van der Waals surface area contributed by atoms with E-state index >= 15 is 0 Å². The first kappa shape index (κ1) is 25.4. The number of ether oxygens (including phenoxy) is 1. The quantitative estimate of drug-likeness (QED) is 0.180. The first-order valence-electron chi connectivity index (χ1n) is 11.4. The summed E-state index contributed by atoms with van der Waals surface area (Å²) < 4.78 is 7.89. The molecule has 3 aromatic carbocycles. The van der Waals surface area contributed by atoms with Crippen molar-refractivity contribution < 1.29 is 14.6 Å². The van der Waals surface area contributed by atoms with Crippen LogP contribution in [0.2, 0.25) is 5.02 Å². The predicted molar refractivity (Wildman–Crippen MR) is 148 cm³/mol. The zero-order valence-corrected chi connectivity index (χ0v) is 22.8. The number of halogens is 2. The van der Waals surface area contributed by atoms with E-state index in [2.05, 4.69) is 26.2 Å². The zero-order valence-electron chi connectivity index (χ0n) is 19.7. The number of phenols is 1. The van der Waals surface area contributed by atoms with Crippen molar-refractivity contribution in [1.29, 1.82) is 0 Å². The van der Waals surface area contributed by atoms with Gasteiger partial charge in [0.25, 0.3) is 0 Å². The van der Waals surface area contributed by atoms with Crippen LogP contribution in [-0.4, -0.2) is 25.8 Å². The molecule has 0 fully saturated rings. The third-order valence-corrected chi connectivity index (χ3v) is 7.76. The fraction of sp³-hybridized carbons (Fsp3) is 0.148. The van der Waals surface area contributed by atoms with Crippen LogP contribution in [0.1, 0.15) is 29.7 Å². The third kappa shape index (κ3) is 5.53. The molecule has 0 saturated heterocycles. The number of allylic oxidation sites excluding steroid dienone is 1. The number of hydrogen-bond donors (Lipinski definition) is 2. The van der Waals surface area contributed by atoms with Crippen molar-refractivity contribution in [2.45, 2.75) is 30.5 Å². The Labute approximate surface area is 231 Å². The monoisotopic (exact) mass is 596 g/mol. The SMILES string of the molecule is CC1=C(C(=O)OCc2ccccc2)C(c2ccc(O)c(Br)c2)n2nc(SCc3ccccc3Cl)nc2N1. The molecule has 10 heteroatoms. The van der Waals surface area contributed by atoms with Crippen LogP contribution in [0.15, 0.2) is 93.7 Å². The fourth-order valence-electron chi connectivity index (χ4n) is 4.02. The lowest BCUT2D eigenvalue weighted by molar-refractivity contribution is -0.140. The summed E-state index contributed by atoms with van der Waals surface area (Å²) >= 11 is 11.2. The van der Waals surface area contributed by atoms with Crippen LogP contribution in [0.25, 0.3) is 0 Å². The van der Waals surface area contributed by atoms with Gasteiger partial charge in [0, 0.05) is 16.5 Å². The van der Waals surface area contributed by atoms with Gasteiger partial charge in [0.1, 0.15) is 18.4 Å². The number of hydrogen-bond acceptors (Lipinski definition) is 7. The minimum atomic E-state index is -0.612. The van der Waals surface area contributed by atoms with Crippen molar-refractivity contribution >= 4 is 51.2 Å². The first-order chi connectivity index (χ1) is 17.9. The summed E-state index contributed by atoms with van der Waals surface area (Å²) in [5, 5.41) is 19.2. The highest BCUT2D eigenvalue weighted by atomic mass is 79.9. The van der Waals surface area contributed by atoms with Gasteiger partial charge in [0.05, 0.1) is 10.0 Å². The number of nitrogens with zero attached hydrogens (tertiary/aromatic N) is 3. The first-order valence-corrected chi connectivity index (χ1v) is 13.6. The molecule has 1 aliphatic heterocycles. The molecule has 188 valence electrons. The van der Waals surface area contributed by atoms with Gasteiger partial charge in [-0.15, -0.1) is 5.10 Å². The second-order valence-corrected chi connectivity index (χ2v) is 10.6. The van der Waals surface area contributed by atoms with Gasteiger partial charge in [0.15, 0.2) is 0 Å². The molecule has 0 saturated carbocycles. The summed E-state index contributed by atoms with van der Waals surface area (Å²) in [6, 6.07) is 21.7. The number of carbonyl (C=O) groups excluding carboxylic acids is 1. The number of phenolic OH excluding ortho intramolecular Hbond substituents is 1. The van der Waals surface area contributed by atoms with Gasteiger partial charge in [-0.25, -0.2) is 9.48 Å². The normalized spacial score (nSPS) is 14.7. The Morgan fingerprint density at radius 3 is 2.68 bits per heavy atom. The van der Waals surface area contributed by atoms with E-state index in [9.17, 15) is 9.90 Å². The summed E-state index contributed by atoms with van der Waals surface area (Å²) in [5.74, 6) is 0.737. The number of aromatic hydroxyl groups is 1. The molecule has 0 aliphatic carbocycles. The lowest BCUT2D eigenvalue weighted by atomic mass is 9.95. The fourth-order valence-corrected chi connectivity index (χ4v) is 5.53. The topological polar surface area (TPSA) is 89.3 Å². The van der Waals surface area contributed by atoms with E-state index < -0.39 is 12.0 Å². The van der Waals surface area contributed by atoms with E-state index in [1.165, 1.54) is 11.8 Å². The average molecular weight is 598 g/mol. The van der Waals surface area contributed by atoms with Crippen LogP contribution in [0.4, 0.5) is 5.95 Å². The average Bonchev–Trinajstić information content (AvgIpc) is 3.30. The Kier molecular flexibility index (Phi) is 7.55. The van der Waals surface area contributed by atoms with E-state index in [1.807, 2.05) is 61.5 Å². The molecule has 1 unspecified atom stereocenters. The summed E-state index contributed by atoms with van der Waals surface area (Å²) in [5.41, 5.74) is 3.64. The van der Waals surface area contributed by atoms with E-state index in [0.717, 1.165) is 16.7 Å². The van der Waals surface area contributed by atoms with Gasteiger partial charge < -0.3 is 15.2 Å². The Morgan fingerprint density at radius 1 is 1.16 bits per heavy atom. The van der Waals surface area contributed by atoms with Crippen molar-refractivity contribution in [3.05, 3.63) is 110 Å². The van der Waals surface area contributed by atoms with Gasteiger partial charge in [-0.3, -0.25) is 0 Å². The summed E-state index contributed by atoms with van der Waals surface area (Å²) in [7, 11) is 0. The number of benzene rings is 3. The highest BCUT2D eigenvalue weighted by molar-refractivity contribution is 9.10. The van der Waals surface area contributed by atoms with Crippen LogP contribution < -0.4 is 5.32 Å². The van der Waals surface area contributed by atoms with Crippen molar-refractivity contribution in [3.8, 4) is 5.75 Å². The highest BCUT2D eigenvalue weighted by Gasteiger charge is 2.35. The molecule has 1 atom stereocenters. The molecular weight excluding hydrogens is 576 g/mol. The van der Waals surface area contributed by atoms with Crippen molar-refractivity contribution in [2.75, 3.05) is 5.32 Å². The smallest absolute Gasteiger partial charge is 0.338 e. The van der Waals surface area contributed by atoms with E-state index in [-0.39, 0.29) is 12.4 Å². The molecule has 0 radical (unpaired) electrons. The second-order valence-electron chi connectivity index (χ2n) is 8.38. The molecule has 0 amide bonds. The number of carbonyl (C=O) groups is 1. The van der Waals surface area contributed by atoms with Gasteiger partial charge in [-0.1, -0.05) is 78.0 Å². The third-order valence-electron chi connectivity index (χ3n) is 5.87. The van der Waals surface area contributed by atoms with Crippen LogP contribution in [0.3, 0.4) is 0 Å². The lowest BCUT2D eigenvalue weighted by Gasteiger charge is -2.28. The maximum absolute atomic E-state index is 13.4. The number of esters is 1. The van der Waals surface area contributed by atoms with Crippen LogP contribution in [-0.2, 0) is 21.9 Å². The molecule has 1 aromatic heterocycles. The molecule has 0 spiro atoms. The number of fused-ring (bicyclic) bond motifs is 1. The second kappa shape index (κ2) is 11.0. The van der Waals surface area contributed by atoms with E-state index in [0.29, 0.717) is 37.6 Å². The van der Waals surface area contributed by atoms with Gasteiger partial charge in [-0.2, -0.15) is 4.98 Å².